The molecule has 0 fully saturated rings. The maximum atomic E-state index is 9.51. The van der Waals surface area contributed by atoms with E-state index in [1.165, 1.54) is 0 Å². The average Bonchev–Trinajstić information content (AvgIpc) is 2.72. The summed E-state index contributed by atoms with van der Waals surface area (Å²) in [6.07, 6.45) is 3.37. The van der Waals surface area contributed by atoms with Gasteiger partial charge in [-0.15, -0.1) is 0 Å². The molecule has 0 aliphatic rings. The molecule has 4 heteroatoms. The predicted octanol–water partition coefficient (Wildman–Crippen LogP) is 3.36. The third-order valence-corrected chi connectivity index (χ3v) is 2.96. The van der Waals surface area contributed by atoms with Crippen LogP contribution in [-0.2, 0) is 0 Å². The van der Waals surface area contributed by atoms with Crippen LogP contribution in [0.5, 0.6) is 5.75 Å². The first-order valence-electron chi connectivity index (χ1n) is 5.17. The van der Waals surface area contributed by atoms with Gasteiger partial charge in [-0.05, 0) is 24.3 Å². The van der Waals surface area contributed by atoms with Crippen LogP contribution in [0.4, 0.5) is 0 Å². The average molecular weight is 245 g/mol. The molecule has 0 saturated carbocycles. The fraction of sp³-hybridized carbons (Fsp3) is 0. The van der Waals surface area contributed by atoms with Crippen molar-refractivity contribution in [2.75, 3.05) is 0 Å². The molecule has 3 aromatic rings. The number of aromatic nitrogens is 2. The zero-order valence-electron chi connectivity index (χ0n) is 8.84. The lowest BCUT2D eigenvalue weighted by molar-refractivity contribution is 0.472. The largest absolute Gasteiger partial charge is 0.506 e. The molecule has 1 aromatic carbocycles. The summed E-state index contributed by atoms with van der Waals surface area (Å²) >= 11 is 6.14. The van der Waals surface area contributed by atoms with Crippen molar-refractivity contribution in [1.29, 1.82) is 0 Å². The highest BCUT2D eigenvalue weighted by molar-refractivity contribution is 6.33. The Bertz CT molecular complexity index is 691. The second-order valence-electron chi connectivity index (χ2n) is 3.74. The van der Waals surface area contributed by atoms with Gasteiger partial charge in [0.05, 0.1) is 22.9 Å². The van der Waals surface area contributed by atoms with Gasteiger partial charge in [0.15, 0.2) is 0 Å². The van der Waals surface area contributed by atoms with Crippen LogP contribution in [-0.4, -0.2) is 14.5 Å². The van der Waals surface area contributed by atoms with E-state index in [1.807, 2.05) is 34.7 Å². The quantitative estimate of drug-likeness (QED) is 0.713. The molecule has 0 amide bonds. The van der Waals surface area contributed by atoms with Crippen molar-refractivity contribution in [3.63, 3.8) is 0 Å². The number of pyridine rings is 1. The minimum Gasteiger partial charge on any atom is -0.506 e. The van der Waals surface area contributed by atoms with Crippen molar-refractivity contribution in [3.8, 4) is 17.1 Å². The molecular formula is C13H9ClN2O. The van der Waals surface area contributed by atoms with E-state index in [-0.39, 0.29) is 5.75 Å². The lowest BCUT2D eigenvalue weighted by Crippen LogP contribution is -1.89. The van der Waals surface area contributed by atoms with Gasteiger partial charge in [-0.3, -0.25) is 4.40 Å². The molecule has 0 radical (unpaired) electrons. The lowest BCUT2D eigenvalue weighted by Gasteiger charge is -2.03. The molecule has 2 aromatic heterocycles. The summed E-state index contributed by atoms with van der Waals surface area (Å²) in [5, 5.41) is 10.1. The molecule has 1 N–H and O–H groups in total. The van der Waals surface area contributed by atoms with Crippen molar-refractivity contribution >= 4 is 17.1 Å². The summed E-state index contributed by atoms with van der Waals surface area (Å²) in [5.74, 6) is 0.922. The Morgan fingerprint density at radius 1 is 1.12 bits per heavy atom. The molecule has 17 heavy (non-hydrogen) atoms. The predicted molar refractivity (Wildman–Crippen MR) is 67.3 cm³/mol. The maximum Gasteiger partial charge on any atom is 0.146 e. The molecule has 0 unspecified atom stereocenters. The third kappa shape index (κ3) is 1.65. The number of rotatable bonds is 1. The summed E-state index contributed by atoms with van der Waals surface area (Å²) in [7, 11) is 0. The van der Waals surface area contributed by atoms with E-state index >= 15 is 0 Å². The van der Waals surface area contributed by atoms with E-state index in [2.05, 4.69) is 4.98 Å². The van der Waals surface area contributed by atoms with Crippen molar-refractivity contribution in [3.05, 3.63) is 53.8 Å². The number of nitrogens with zero attached hydrogens (tertiary/aromatic N) is 2. The number of hydrogen-bond acceptors (Lipinski definition) is 2. The lowest BCUT2D eigenvalue weighted by atomic mass is 10.2. The van der Waals surface area contributed by atoms with Gasteiger partial charge < -0.3 is 5.11 Å². The molecule has 0 atom stereocenters. The Morgan fingerprint density at radius 2 is 1.94 bits per heavy atom. The van der Waals surface area contributed by atoms with E-state index in [0.717, 1.165) is 16.9 Å². The second-order valence-corrected chi connectivity index (χ2v) is 4.15. The first-order valence-corrected chi connectivity index (χ1v) is 5.54. The van der Waals surface area contributed by atoms with E-state index in [9.17, 15) is 5.11 Å². The fourth-order valence-electron chi connectivity index (χ4n) is 1.82. The molecule has 2 heterocycles. The zero-order valence-corrected chi connectivity index (χ0v) is 9.59. The van der Waals surface area contributed by atoms with Crippen LogP contribution in [0.3, 0.4) is 0 Å². The van der Waals surface area contributed by atoms with Crippen LogP contribution in [0, 0.1) is 0 Å². The van der Waals surface area contributed by atoms with Crippen LogP contribution < -0.4 is 0 Å². The standard InChI is InChI=1S/C13H9ClN2O/c14-12-4-2-1-3-11(12)13-15-7-9-5-6-10(17)8-16(9)13/h1-8,17H. The summed E-state index contributed by atoms with van der Waals surface area (Å²) in [4.78, 5) is 4.33. The topological polar surface area (TPSA) is 37.5 Å². The molecule has 0 bridgehead atoms. The highest BCUT2D eigenvalue weighted by Gasteiger charge is 2.09. The summed E-state index contributed by atoms with van der Waals surface area (Å²) < 4.78 is 1.82. The first kappa shape index (κ1) is 10.2. The first-order chi connectivity index (χ1) is 8.25. The van der Waals surface area contributed by atoms with Gasteiger partial charge >= 0.3 is 0 Å². The van der Waals surface area contributed by atoms with Crippen molar-refractivity contribution in [2.24, 2.45) is 0 Å². The second kappa shape index (κ2) is 3.79. The Balaban J connectivity index is 2.31. The number of imidazole rings is 1. The Labute approximate surface area is 103 Å². The molecular weight excluding hydrogens is 236 g/mol. The van der Waals surface area contributed by atoms with E-state index in [0.29, 0.717) is 5.02 Å². The van der Waals surface area contributed by atoms with Gasteiger partial charge in [-0.25, -0.2) is 4.98 Å². The van der Waals surface area contributed by atoms with Crippen molar-refractivity contribution in [1.82, 2.24) is 9.38 Å². The van der Waals surface area contributed by atoms with E-state index < -0.39 is 0 Å². The molecule has 84 valence electrons. The number of hydrogen-bond donors (Lipinski definition) is 1. The summed E-state index contributed by atoms with van der Waals surface area (Å²) in [6, 6.07) is 10.9. The van der Waals surface area contributed by atoms with Gasteiger partial charge in [0.2, 0.25) is 0 Å². The summed E-state index contributed by atoms with van der Waals surface area (Å²) in [5.41, 5.74) is 1.76. The smallest absolute Gasteiger partial charge is 0.146 e. The monoisotopic (exact) mass is 244 g/mol. The minimum atomic E-state index is 0.198. The van der Waals surface area contributed by atoms with Gasteiger partial charge in [0.1, 0.15) is 11.6 Å². The summed E-state index contributed by atoms with van der Waals surface area (Å²) in [6.45, 7) is 0. The highest BCUT2D eigenvalue weighted by Crippen LogP contribution is 2.27. The zero-order chi connectivity index (χ0) is 11.8. The van der Waals surface area contributed by atoms with Crippen LogP contribution in [0.2, 0.25) is 5.02 Å². The molecule has 3 rings (SSSR count). The van der Waals surface area contributed by atoms with Crippen LogP contribution in [0.1, 0.15) is 0 Å². The highest BCUT2D eigenvalue weighted by atomic mass is 35.5. The van der Waals surface area contributed by atoms with Crippen molar-refractivity contribution in [2.45, 2.75) is 0 Å². The Morgan fingerprint density at radius 3 is 2.76 bits per heavy atom. The number of aromatic hydroxyl groups is 1. The number of halogens is 1. The van der Waals surface area contributed by atoms with Crippen LogP contribution >= 0.6 is 11.6 Å². The molecule has 0 aliphatic heterocycles. The number of benzene rings is 1. The molecule has 0 saturated heterocycles. The molecule has 0 aliphatic carbocycles. The van der Waals surface area contributed by atoms with E-state index in [1.54, 1.807) is 18.5 Å². The van der Waals surface area contributed by atoms with Crippen LogP contribution in [0.15, 0.2) is 48.8 Å². The van der Waals surface area contributed by atoms with Gasteiger partial charge in [-0.2, -0.15) is 0 Å². The van der Waals surface area contributed by atoms with Crippen LogP contribution in [0.25, 0.3) is 16.9 Å². The third-order valence-electron chi connectivity index (χ3n) is 2.63. The maximum absolute atomic E-state index is 9.51. The Hall–Kier alpha value is -2.00. The Kier molecular flexibility index (Phi) is 2.27. The van der Waals surface area contributed by atoms with Gasteiger partial charge in [-0.1, -0.05) is 23.7 Å². The molecule has 3 nitrogen and oxygen atoms in total. The van der Waals surface area contributed by atoms with Crippen molar-refractivity contribution < 1.29 is 5.11 Å². The number of fused-ring (bicyclic) bond motifs is 1. The minimum absolute atomic E-state index is 0.198. The van der Waals surface area contributed by atoms with E-state index in [4.69, 9.17) is 11.6 Å². The van der Waals surface area contributed by atoms with Gasteiger partial charge in [0.25, 0.3) is 0 Å². The van der Waals surface area contributed by atoms with Gasteiger partial charge in [0, 0.05) is 5.56 Å². The fourth-order valence-corrected chi connectivity index (χ4v) is 2.04. The molecule has 0 spiro atoms. The SMILES string of the molecule is Oc1ccc2cnc(-c3ccccc3Cl)n2c1. The normalized spacial score (nSPS) is 10.9.